The molecule has 376 valence electrons. The summed E-state index contributed by atoms with van der Waals surface area (Å²) in [6, 6.07) is 55.5. The summed E-state index contributed by atoms with van der Waals surface area (Å²) in [5.41, 5.74) is 7.06. The predicted octanol–water partition coefficient (Wildman–Crippen LogP) is 9.08. The largest absolute Gasteiger partial charge is 0.448 e. The summed E-state index contributed by atoms with van der Waals surface area (Å²) in [7, 11) is 0. The van der Waals surface area contributed by atoms with Gasteiger partial charge in [-0.25, -0.2) is 9.59 Å². The number of β-lactam (4-membered cyclic amide) rings is 2. The van der Waals surface area contributed by atoms with Crippen LogP contribution in [0.15, 0.2) is 205 Å². The Morgan fingerprint density at radius 1 is 0.514 bits per heavy atom. The number of alkyl halides is 1. The molecule has 4 aliphatic heterocycles. The first-order valence-corrected chi connectivity index (χ1v) is 26.9. The van der Waals surface area contributed by atoms with Crippen LogP contribution in [0.4, 0.5) is 0 Å². The Morgan fingerprint density at radius 2 is 0.824 bits per heavy atom. The molecule has 10 rings (SSSR count). The van der Waals surface area contributed by atoms with E-state index in [0.29, 0.717) is 29.2 Å². The number of esters is 2. The molecule has 12 nitrogen and oxygen atoms in total. The topological polar surface area (TPSA) is 151 Å². The van der Waals surface area contributed by atoms with E-state index in [2.05, 4.69) is 10.6 Å². The van der Waals surface area contributed by atoms with E-state index in [0.717, 1.165) is 39.0 Å². The molecule has 0 bridgehead atoms. The highest BCUT2D eigenvalue weighted by molar-refractivity contribution is 8.00. The summed E-state index contributed by atoms with van der Waals surface area (Å²) in [6.45, 7) is 1.97. The standard InChI is InChI=1S/C30H28N2O4S.C29H25ClN2O4S/c1-2-21-19-37-29-25(31-24(33)18-20-12-6-3-7-13-20)28(34)32(29)26(21)30(35)36-27(22-14-8-4-9-15-22)23-16-10-5-11-17-23;30-17-22-18-37-28-24(31-23(33)16-19-10-4-1-5-11-19)27(34)32(28)25(22)29(35)36-26(20-12-6-2-7-13-20)21-14-8-3-9-15-21/h3-17,25,27,29H,2,18-19H2,1H3,(H,31,33);1-15,24,26,28H,16-18H2,(H,31,33)/t25-,29-;24-,28-/m11/s1. The van der Waals surface area contributed by atoms with E-state index in [1.807, 2.05) is 189 Å². The average Bonchev–Trinajstić information content (AvgIpc) is 3.45. The molecule has 2 N–H and O–H groups in total. The van der Waals surface area contributed by atoms with E-state index in [9.17, 15) is 28.8 Å². The molecular formula is C59H53ClN4O8S2. The van der Waals surface area contributed by atoms with Gasteiger partial charge in [-0.05, 0) is 50.9 Å². The maximum absolute atomic E-state index is 13.7. The van der Waals surface area contributed by atoms with Crippen molar-refractivity contribution in [1.82, 2.24) is 20.4 Å². The van der Waals surface area contributed by atoms with Gasteiger partial charge in [-0.2, -0.15) is 0 Å². The van der Waals surface area contributed by atoms with Crippen LogP contribution in [0.25, 0.3) is 0 Å². The van der Waals surface area contributed by atoms with E-state index in [4.69, 9.17) is 21.1 Å². The van der Waals surface area contributed by atoms with E-state index in [-0.39, 0.29) is 53.4 Å². The van der Waals surface area contributed by atoms with Crippen molar-refractivity contribution in [2.45, 2.75) is 61.2 Å². The molecule has 15 heteroatoms. The second kappa shape index (κ2) is 24.1. The van der Waals surface area contributed by atoms with Crippen LogP contribution in [0.5, 0.6) is 0 Å². The molecule has 74 heavy (non-hydrogen) atoms. The van der Waals surface area contributed by atoms with Gasteiger partial charge in [0, 0.05) is 17.4 Å². The lowest BCUT2D eigenvalue weighted by Gasteiger charge is -2.49. The summed E-state index contributed by atoms with van der Waals surface area (Å²) in [5, 5.41) is 4.98. The molecule has 0 aliphatic carbocycles. The molecule has 0 aromatic heterocycles. The summed E-state index contributed by atoms with van der Waals surface area (Å²) in [4.78, 5) is 81.9. The van der Waals surface area contributed by atoms with Gasteiger partial charge in [0.25, 0.3) is 11.8 Å². The number of amides is 4. The van der Waals surface area contributed by atoms with Crippen molar-refractivity contribution in [2.75, 3.05) is 17.4 Å². The zero-order valence-electron chi connectivity index (χ0n) is 40.4. The Kier molecular flexibility index (Phi) is 16.8. The van der Waals surface area contributed by atoms with Gasteiger partial charge < -0.3 is 20.1 Å². The molecule has 0 radical (unpaired) electrons. The lowest BCUT2D eigenvalue weighted by Crippen LogP contribution is -2.70. The van der Waals surface area contributed by atoms with Crippen LogP contribution in [0.3, 0.4) is 0 Å². The molecule has 6 aromatic rings. The quantitative estimate of drug-likeness (QED) is 0.0546. The van der Waals surface area contributed by atoms with Crippen LogP contribution in [0.1, 0.15) is 58.9 Å². The maximum atomic E-state index is 13.7. The molecule has 4 atom stereocenters. The van der Waals surface area contributed by atoms with Crippen LogP contribution < -0.4 is 10.6 Å². The van der Waals surface area contributed by atoms with Crippen LogP contribution >= 0.6 is 35.1 Å². The molecule has 0 unspecified atom stereocenters. The van der Waals surface area contributed by atoms with Gasteiger partial charge in [-0.1, -0.05) is 189 Å². The minimum Gasteiger partial charge on any atom is -0.448 e. The van der Waals surface area contributed by atoms with Gasteiger partial charge >= 0.3 is 11.9 Å². The highest BCUT2D eigenvalue weighted by atomic mass is 35.5. The maximum Gasteiger partial charge on any atom is 0.356 e. The van der Waals surface area contributed by atoms with Crippen molar-refractivity contribution in [3.8, 4) is 0 Å². The number of thioether (sulfide) groups is 2. The van der Waals surface area contributed by atoms with Gasteiger partial charge in [0.15, 0.2) is 12.2 Å². The molecule has 0 saturated carbocycles. The Hall–Kier alpha value is -7.39. The third-order valence-corrected chi connectivity index (χ3v) is 16.0. The average molecular weight is 1050 g/mol. The molecule has 2 fully saturated rings. The van der Waals surface area contributed by atoms with Crippen molar-refractivity contribution >= 4 is 70.7 Å². The SMILES string of the molecule is CCC1=C(C(=O)OC(c2ccccc2)c2ccccc2)N2C(=O)[C@@H](NC(=O)Cc3ccccc3)[C@H]2SC1.O=C(Cc1ccccc1)N[C@@H]1C(=O)N2C(C(=O)OC(c3ccccc3)c3ccccc3)=C(CCl)CS[C@H]12. The van der Waals surface area contributed by atoms with Crippen molar-refractivity contribution in [3.05, 3.63) is 238 Å². The van der Waals surface area contributed by atoms with Crippen molar-refractivity contribution in [2.24, 2.45) is 0 Å². The Labute approximate surface area is 443 Å². The van der Waals surface area contributed by atoms with Crippen molar-refractivity contribution in [3.63, 3.8) is 0 Å². The third kappa shape index (κ3) is 11.5. The first-order valence-electron chi connectivity index (χ1n) is 24.3. The number of hydrogen-bond acceptors (Lipinski definition) is 10. The molecule has 0 spiro atoms. The van der Waals surface area contributed by atoms with Crippen molar-refractivity contribution < 1.29 is 38.2 Å². The summed E-state index contributed by atoms with van der Waals surface area (Å²) in [6.07, 6.45) is -0.255. The lowest BCUT2D eigenvalue weighted by atomic mass is 10.00. The number of ether oxygens (including phenoxy) is 2. The molecule has 2 saturated heterocycles. The van der Waals surface area contributed by atoms with Crippen molar-refractivity contribution in [1.29, 1.82) is 0 Å². The van der Waals surface area contributed by atoms with Gasteiger partial charge in [0.2, 0.25) is 11.8 Å². The Balaban J connectivity index is 0.000000182. The van der Waals surface area contributed by atoms with Gasteiger partial charge in [0.1, 0.15) is 34.2 Å². The molecule has 4 aliphatic rings. The van der Waals surface area contributed by atoms with Crippen LogP contribution in [-0.4, -0.2) is 85.6 Å². The van der Waals surface area contributed by atoms with E-state index in [1.54, 1.807) is 11.8 Å². The third-order valence-electron chi connectivity index (χ3n) is 13.0. The summed E-state index contributed by atoms with van der Waals surface area (Å²) in [5.74, 6) is -1.06. The van der Waals surface area contributed by atoms with Crippen LogP contribution in [0, 0.1) is 0 Å². The van der Waals surface area contributed by atoms with Crippen LogP contribution in [-0.2, 0) is 51.1 Å². The minimum absolute atomic E-state index is 0.0975. The zero-order valence-corrected chi connectivity index (χ0v) is 42.8. The number of carbonyl (C=O) groups is 6. The number of hydrogen-bond donors (Lipinski definition) is 2. The number of nitrogens with zero attached hydrogens (tertiary/aromatic N) is 2. The van der Waals surface area contributed by atoms with E-state index >= 15 is 0 Å². The van der Waals surface area contributed by atoms with Gasteiger partial charge in [0.05, 0.1) is 12.8 Å². The fraction of sp³-hybridized carbons (Fsp3) is 0.220. The normalized spacial score (nSPS) is 18.8. The Morgan fingerprint density at radius 3 is 1.15 bits per heavy atom. The smallest absolute Gasteiger partial charge is 0.356 e. The predicted molar refractivity (Wildman–Crippen MR) is 287 cm³/mol. The molecule has 4 amide bonds. The van der Waals surface area contributed by atoms with Gasteiger partial charge in [-0.15, -0.1) is 35.1 Å². The molecular weight excluding hydrogens is 992 g/mol. The second-order valence-electron chi connectivity index (χ2n) is 17.8. The van der Waals surface area contributed by atoms with E-state index < -0.39 is 41.6 Å². The molecule has 6 aromatic carbocycles. The number of carbonyl (C=O) groups excluding carboxylic acids is 6. The Bertz CT molecular complexity index is 2760. The van der Waals surface area contributed by atoms with Crippen LogP contribution in [0.2, 0.25) is 0 Å². The number of halogens is 1. The monoisotopic (exact) mass is 1040 g/mol. The first-order chi connectivity index (χ1) is 36.1. The minimum atomic E-state index is -0.708. The molecule has 4 heterocycles. The number of fused-ring (bicyclic) bond motifs is 2. The number of nitrogens with one attached hydrogen (secondary N) is 2. The zero-order chi connectivity index (χ0) is 51.6. The number of benzene rings is 6. The van der Waals surface area contributed by atoms with E-state index in [1.165, 1.54) is 21.6 Å². The lowest BCUT2D eigenvalue weighted by molar-refractivity contribution is -0.154. The summed E-state index contributed by atoms with van der Waals surface area (Å²) < 4.78 is 12.1. The highest BCUT2D eigenvalue weighted by Gasteiger charge is 2.56. The summed E-state index contributed by atoms with van der Waals surface area (Å²) >= 11 is 9.24. The second-order valence-corrected chi connectivity index (χ2v) is 20.3. The number of rotatable bonds is 16. The van der Waals surface area contributed by atoms with Gasteiger partial charge in [-0.3, -0.25) is 29.0 Å². The fourth-order valence-corrected chi connectivity index (χ4v) is 12.3. The fourth-order valence-electron chi connectivity index (χ4n) is 9.22. The highest BCUT2D eigenvalue weighted by Crippen LogP contribution is 2.44. The first kappa shape index (κ1) is 51.5.